The van der Waals surface area contributed by atoms with Crippen molar-refractivity contribution in [2.75, 3.05) is 5.32 Å². The molecule has 0 aliphatic heterocycles. The third-order valence-corrected chi connectivity index (χ3v) is 5.73. The summed E-state index contributed by atoms with van der Waals surface area (Å²) in [5.41, 5.74) is 0.986. The van der Waals surface area contributed by atoms with E-state index in [-0.39, 0.29) is 41.0 Å². The summed E-state index contributed by atoms with van der Waals surface area (Å²) in [6.45, 7) is 0.778. The van der Waals surface area contributed by atoms with Crippen LogP contribution in [0.4, 0.5) is 14.6 Å². The molecular weight excluding hydrogens is 462 g/mol. The van der Waals surface area contributed by atoms with Gasteiger partial charge in [-0.15, -0.1) is 0 Å². The van der Waals surface area contributed by atoms with Crippen molar-refractivity contribution in [3.05, 3.63) is 82.5 Å². The molecule has 1 N–H and O–H groups in total. The van der Waals surface area contributed by atoms with E-state index in [0.29, 0.717) is 22.9 Å². The number of ketones is 1. The number of ether oxygens (including phenoxy) is 1. The first-order chi connectivity index (χ1) is 16.2. The fourth-order valence-corrected chi connectivity index (χ4v) is 3.75. The third-order valence-electron chi connectivity index (χ3n) is 5.40. The van der Waals surface area contributed by atoms with Crippen molar-refractivity contribution in [2.24, 2.45) is 5.92 Å². The molecule has 1 amide bonds. The molecule has 0 radical (unpaired) electrons. The first-order valence-electron chi connectivity index (χ1n) is 10.9. The monoisotopic (exact) mass is 484 g/mol. The summed E-state index contributed by atoms with van der Waals surface area (Å²) in [7, 11) is 0. The maximum atomic E-state index is 13.7. The quantitative estimate of drug-likeness (QED) is 0.384. The second kappa shape index (κ2) is 9.89. The number of alkyl halides is 2. The van der Waals surface area contributed by atoms with Crippen LogP contribution in [0.3, 0.4) is 0 Å². The zero-order valence-corrected chi connectivity index (χ0v) is 19.2. The maximum Gasteiger partial charge on any atom is 0.271 e. The molecule has 2 aromatic carbocycles. The summed E-state index contributed by atoms with van der Waals surface area (Å²) in [5.74, 6) is -1.61. The molecule has 1 fully saturated rings. The predicted octanol–water partition coefficient (Wildman–Crippen LogP) is 6.34. The van der Waals surface area contributed by atoms with Crippen molar-refractivity contribution in [1.29, 1.82) is 0 Å². The molecule has 0 spiro atoms. The fourth-order valence-electron chi connectivity index (χ4n) is 3.46. The lowest BCUT2D eigenvalue weighted by molar-refractivity contribution is -0.118. The Morgan fingerprint density at radius 2 is 1.71 bits per heavy atom. The Kier molecular flexibility index (Phi) is 6.93. The molecule has 8 heteroatoms. The average Bonchev–Trinajstić information content (AvgIpc) is 3.62. The van der Waals surface area contributed by atoms with E-state index in [1.165, 1.54) is 12.1 Å². The van der Waals surface area contributed by atoms with Gasteiger partial charge in [-0.3, -0.25) is 9.59 Å². The van der Waals surface area contributed by atoms with E-state index in [1.807, 2.05) is 0 Å². The van der Waals surface area contributed by atoms with Crippen LogP contribution in [0.15, 0.2) is 60.8 Å². The van der Waals surface area contributed by atoms with Crippen molar-refractivity contribution >= 4 is 29.1 Å². The highest BCUT2D eigenvalue weighted by molar-refractivity contribution is 6.31. The number of hydrogen-bond donors (Lipinski definition) is 1. The Bertz CT molecular complexity index is 1210. The zero-order valence-electron chi connectivity index (χ0n) is 18.5. The second-order valence-electron chi connectivity index (χ2n) is 8.48. The number of rotatable bonds is 9. The molecule has 1 aromatic heterocycles. The number of nitrogens with zero attached hydrogens (tertiary/aromatic N) is 1. The SMILES string of the molecule is CC(F)(F)c1cc(CC(=O)Cc2ccc(Oc3ccnc(NC(=O)C4CC4)c3)cc2)ccc1Cl. The highest BCUT2D eigenvalue weighted by Crippen LogP contribution is 2.34. The molecule has 5 nitrogen and oxygen atoms in total. The van der Waals surface area contributed by atoms with Gasteiger partial charge in [0.1, 0.15) is 23.1 Å². The van der Waals surface area contributed by atoms with Gasteiger partial charge in [0.05, 0.1) is 0 Å². The van der Waals surface area contributed by atoms with Crippen LogP contribution in [0.2, 0.25) is 5.02 Å². The second-order valence-corrected chi connectivity index (χ2v) is 8.89. The lowest BCUT2D eigenvalue weighted by Crippen LogP contribution is -2.14. The summed E-state index contributed by atoms with van der Waals surface area (Å²) in [5, 5.41) is 2.76. The van der Waals surface area contributed by atoms with Gasteiger partial charge < -0.3 is 10.1 Å². The largest absolute Gasteiger partial charge is 0.457 e. The summed E-state index contributed by atoms with van der Waals surface area (Å²) >= 11 is 5.87. The van der Waals surface area contributed by atoms with E-state index in [2.05, 4.69) is 10.3 Å². The topological polar surface area (TPSA) is 68.3 Å². The van der Waals surface area contributed by atoms with E-state index in [1.54, 1.807) is 48.7 Å². The number of carbonyl (C=O) groups is 2. The molecule has 176 valence electrons. The summed E-state index contributed by atoms with van der Waals surface area (Å²) in [6, 6.07) is 14.6. The number of benzene rings is 2. The van der Waals surface area contributed by atoms with E-state index in [4.69, 9.17) is 16.3 Å². The number of hydrogen-bond acceptors (Lipinski definition) is 4. The van der Waals surface area contributed by atoms with Gasteiger partial charge in [0.15, 0.2) is 0 Å². The van der Waals surface area contributed by atoms with Gasteiger partial charge in [-0.2, -0.15) is 0 Å². The number of halogens is 3. The Balaban J connectivity index is 1.34. The first kappa shape index (κ1) is 23.8. The van der Waals surface area contributed by atoms with Crippen LogP contribution >= 0.6 is 11.6 Å². The van der Waals surface area contributed by atoms with Gasteiger partial charge in [-0.25, -0.2) is 13.8 Å². The smallest absolute Gasteiger partial charge is 0.271 e. The Morgan fingerprint density at radius 1 is 1.03 bits per heavy atom. The van der Waals surface area contributed by atoms with Crippen LogP contribution in [-0.2, 0) is 28.4 Å². The minimum absolute atomic E-state index is 0.0223. The summed E-state index contributed by atoms with van der Waals surface area (Å²) in [4.78, 5) is 28.5. The lowest BCUT2D eigenvalue weighted by atomic mass is 9.99. The number of amides is 1. The molecule has 0 unspecified atom stereocenters. The zero-order chi connectivity index (χ0) is 24.3. The lowest BCUT2D eigenvalue weighted by Gasteiger charge is -2.14. The average molecular weight is 485 g/mol. The Hall–Kier alpha value is -3.32. The van der Waals surface area contributed by atoms with Gasteiger partial charge in [-0.1, -0.05) is 29.8 Å². The predicted molar refractivity (Wildman–Crippen MR) is 126 cm³/mol. The minimum Gasteiger partial charge on any atom is -0.457 e. The molecule has 0 saturated heterocycles. The van der Waals surface area contributed by atoms with Crippen molar-refractivity contribution in [3.8, 4) is 11.5 Å². The van der Waals surface area contributed by atoms with E-state index in [0.717, 1.165) is 25.3 Å². The molecule has 4 rings (SSSR count). The first-order valence-corrected chi connectivity index (χ1v) is 11.3. The number of nitrogens with one attached hydrogen (secondary N) is 1. The van der Waals surface area contributed by atoms with E-state index < -0.39 is 5.92 Å². The van der Waals surface area contributed by atoms with E-state index in [9.17, 15) is 18.4 Å². The van der Waals surface area contributed by atoms with Crippen LogP contribution in [0, 0.1) is 5.92 Å². The van der Waals surface area contributed by atoms with Crippen molar-refractivity contribution in [3.63, 3.8) is 0 Å². The molecule has 3 aromatic rings. The molecule has 1 saturated carbocycles. The number of anilines is 1. The Morgan fingerprint density at radius 3 is 2.38 bits per heavy atom. The van der Waals surface area contributed by atoms with Crippen molar-refractivity contribution in [1.82, 2.24) is 4.98 Å². The maximum absolute atomic E-state index is 13.7. The molecule has 0 bridgehead atoms. The number of aromatic nitrogens is 1. The molecular formula is C26H23ClF2N2O3. The molecule has 34 heavy (non-hydrogen) atoms. The third kappa shape index (κ3) is 6.38. The highest BCUT2D eigenvalue weighted by Gasteiger charge is 2.30. The van der Waals surface area contributed by atoms with Crippen LogP contribution < -0.4 is 10.1 Å². The van der Waals surface area contributed by atoms with Crippen LogP contribution in [-0.4, -0.2) is 16.7 Å². The number of carbonyl (C=O) groups excluding carboxylic acids is 2. The number of Topliss-reactive ketones (excluding diaryl/α,β-unsaturated/α-hetero) is 1. The van der Waals surface area contributed by atoms with Gasteiger partial charge in [0, 0.05) is 48.5 Å². The molecule has 1 heterocycles. The van der Waals surface area contributed by atoms with Crippen LogP contribution in [0.25, 0.3) is 0 Å². The standard InChI is InChI=1S/C26H23ClF2N2O3/c1-26(28,29)22-14-17(4-9-23(22)27)13-19(32)12-16-2-7-20(8-3-16)34-21-10-11-30-24(15-21)31-25(33)18-5-6-18/h2-4,7-11,14-15,18H,5-6,12-13H2,1H3,(H,30,31,33). The molecule has 1 aliphatic rings. The number of pyridine rings is 1. The van der Waals surface area contributed by atoms with Crippen LogP contribution in [0.1, 0.15) is 36.5 Å². The van der Waals surface area contributed by atoms with Gasteiger partial charge in [0.25, 0.3) is 5.92 Å². The fraction of sp³-hybridized carbons (Fsp3) is 0.269. The van der Waals surface area contributed by atoms with Gasteiger partial charge in [0.2, 0.25) is 5.91 Å². The Labute approximate surface area is 201 Å². The van der Waals surface area contributed by atoms with E-state index >= 15 is 0 Å². The van der Waals surface area contributed by atoms with Gasteiger partial charge in [-0.05, 0) is 54.3 Å². The highest BCUT2D eigenvalue weighted by atomic mass is 35.5. The normalized spacial score (nSPS) is 13.4. The summed E-state index contributed by atoms with van der Waals surface area (Å²) < 4.78 is 33.2. The minimum atomic E-state index is -3.08. The van der Waals surface area contributed by atoms with Crippen molar-refractivity contribution in [2.45, 2.75) is 38.5 Å². The van der Waals surface area contributed by atoms with Gasteiger partial charge >= 0.3 is 0 Å². The molecule has 1 aliphatic carbocycles. The van der Waals surface area contributed by atoms with Crippen LogP contribution in [0.5, 0.6) is 11.5 Å². The summed E-state index contributed by atoms with van der Waals surface area (Å²) in [6.07, 6.45) is 3.57. The molecule has 0 atom stereocenters. The van der Waals surface area contributed by atoms with Crippen molar-refractivity contribution < 1.29 is 23.1 Å².